The molecule has 0 radical (unpaired) electrons. The van der Waals surface area contributed by atoms with Crippen LogP contribution in [0.4, 0.5) is 5.82 Å². The Morgan fingerprint density at radius 1 is 1.22 bits per heavy atom. The maximum absolute atomic E-state index is 12.7. The van der Waals surface area contributed by atoms with E-state index in [1.807, 2.05) is 14.1 Å². The molecule has 14 heteroatoms. The number of hydrogen-bond acceptors (Lipinski definition) is 11. The summed E-state index contributed by atoms with van der Waals surface area (Å²) in [4.78, 5) is 13.8. The molecule has 0 aliphatic carbocycles. The van der Waals surface area contributed by atoms with Gasteiger partial charge in [-0.1, -0.05) is 5.21 Å². The van der Waals surface area contributed by atoms with Gasteiger partial charge in [0.2, 0.25) is 17.4 Å². The van der Waals surface area contributed by atoms with Crippen LogP contribution in [0.1, 0.15) is 21.7 Å². The number of nitrogens with zero attached hydrogens (tertiary/aromatic N) is 6. The van der Waals surface area contributed by atoms with Crippen molar-refractivity contribution in [1.29, 1.82) is 0 Å². The Kier molecular flexibility index (Phi) is 6.84. The number of carbonyl (C=O) groups excluding carboxylic acids is 1. The van der Waals surface area contributed by atoms with Gasteiger partial charge in [-0.3, -0.25) is 4.79 Å². The van der Waals surface area contributed by atoms with Gasteiger partial charge in [0.05, 0.1) is 41.6 Å². The lowest BCUT2D eigenvalue weighted by atomic mass is 10.2. The Hall–Kier alpha value is -4.20. The summed E-state index contributed by atoms with van der Waals surface area (Å²) in [7, 11) is 8.35. The van der Waals surface area contributed by atoms with E-state index >= 15 is 0 Å². The first kappa shape index (κ1) is 22.5. The number of hydrazone groups is 1. The summed E-state index contributed by atoms with van der Waals surface area (Å²) in [5.74, 6) is 0.970. The third kappa shape index (κ3) is 4.59. The number of methoxy groups -OCH3 is 3. The van der Waals surface area contributed by atoms with Crippen LogP contribution in [0.5, 0.6) is 17.2 Å². The number of amides is 1. The minimum absolute atomic E-state index is 0.0253. The van der Waals surface area contributed by atoms with E-state index in [4.69, 9.17) is 19.9 Å². The largest absolute Gasteiger partial charge is 0.493 e. The average Bonchev–Trinajstić information content (AvgIpc) is 3.37. The topological polar surface area (TPSA) is 169 Å². The summed E-state index contributed by atoms with van der Waals surface area (Å²) < 4.78 is 21.9. The van der Waals surface area contributed by atoms with Crippen LogP contribution in [0.3, 0.4) is 0 Å². The molecule has 1 amide bonds. The SMILES string of the molecule is COc1cc(C=NNC(=O)c2nnn(-c3nonc3N)c2C[NH+](C)C)cc(OC)c1OC. The Morgan fingerprint density at radius 3 is 2.44 bits per heavy atom. The first-order valence-corrected chi connectivity index (χ1v) is 9.35. The van der Waals surface area contributed by atoms with Crippen LogP contribution in [0.15, 0.2) is 21.9 Å². The van der Waals surface area contributed by atoms with Crippen LogP contribution in [0.2, 0.25) is 0 Å². The number of nitrogens with two attached hydrogens (primary N) is 1. The van der Waals surface area contributed by atoms with Gasteiger partial charge in [0, 0.05) is 5.56 Å². The number of carbonyl (C=O) groups is 1. The van der Waals surface area contributed by atoms with E-state index in [0.29, 0.717) is 35.1 Å². The molecular formula is C18H24N9O5+. The van der Waals surface area contributed by atoms with Crippen molar-refractivity contribution in [3.63, 3.8) is 0 Å². The molecule has 2 aromatic heterocycles. The number of anilines is 1. The van der Waals surface area contributed by atoms with Crippen LogP contribution in [0, 0.1) is 0 Å². The maximum Gasteiger partial charge on any atom is 0.294 e. The number of nitrogen functional groups attached to an aromatic ring is 1. The minimum atomic E-state index is -0.564. The molecule has 0 saturated carbocycles. The van der Waals surface area contributed by atoms with Crippen molar-refractivity contribution in [1.82, 2.24) is 30.7 Å². The molecule has 14 nitrogen and oxygen atoms in total. The zero-order valence-electron chi connectivity index (χ0n) is 18.2. The molecule has 4 N–H and O–H groups in total. The van der Waals surface area contributed by atoms with E-state index in [9.17, 15) is 4.79 Å². The number of ether oxygens (including phenoxy) is 3. The fraction of sp³-hybridized carbons (Fsp3) is 0.333. The van der Waals surface area contributed by atoms with Gasteiger partial charge in [-0.15, -0.1) is 5.10 Å². The standard InChI is InChI=1S/C18H23N9O5/c1-26(2)9-11-14(21-25-27(11)17-16(19)23-32-24-17)18(28)22-20-8-10-6-12(29-3)15(31-5)13(7-10)30-4/h6-8H,9H2,1-5H3,(H2,19,23)(H,22,28)/p+1. The van der Waals surface area contributed by atoms with Crippen molar-refractivity contribution >= 4 is 17.9 Å². The summed E-state index contributed by atoms with van der Waals surface area (Å²) >= 11 is 0. The molecule has 0 aliphatic heterocycles. The second-order valence-corrected chi connectivity index (χ2v) is 6.81. The highest BCUT2D eigenvalue weighted by atomic mass is 16.6. The lowest BCUT2D eigenvalue weighted by Gasteiger charge is -2.12. The number of quaternary nitrogens is 1. The van der Waals surface area contributed by atoms with Crippen LogP contribution in [-0.2, 0) is 6.54 Å². The van der Waals surface area contributed by atoms with E-state index in [-0.39, 0.29) is 17.3 Å². The molecule has 2 heterocycles. The number of aromatic nitrogens is 5. The lowest BCUT2D eigenvalue weighted by molar-refractivity contribution is -0.873. The number of nitrogens with one attached hydrogen (secondary N) is 2. The van der Waals surface area contributed by atoms with E-state index in [0.717, 1.165) is 4.90 Å². The molecule has 0 bridgehead atoms. The molecule has 0 saturated heterocycles. The Bertz CT molecular complexity index is 1100. The molecule has 0 spiro atoms. The second kappa shape index (κ2) is 9.74. The first-order chi connectivity index (χ1) is 15.4. The Morgan fingerprint density at radius 2 is 1.91 bits per heavy atom. The fourth-order valence-electron chi connectivity index (χ4n) is 2.87. The predicted octanol–water partition coefficient (Wildman–Crippen LogP) is -1.33. The van der Waals surface area contributed by atoms with Gasteiger partial charge in [-0.25, -0.2) is 10.1 Å². The highest BCUT2D eigenvalue weighted by Gasteiger charge is 2.25. The van der Waals surface area contributed by atoms with Crippen LogP contribution >= 0.6 is 0 Å². The molecular weight excluding hydrogens is 422 g/mol. The number of benzene rings is 1. The Balaban J connectivity index is 1.84. The third-order valence-corrected chi connectivity index (χ3v) is 4.26. The fourth-order valence-corrected chi connectivity index (χ4v) is 2.87. The summed E-state index contributed by atoms with van der Waals surface area (Å²) in [5.41, 5.74) is 9.34. The van der Waals surface area contributed by atoms with Gasteiger partial charge >= 0.3 is 0 Å². The van der Waals surface area contributed by atoms with Gasteiger partial charge < -0.3 is 24.8 Å². The highest BCUT2D eigenvalue weighted by molar-refractivity contribution is 5.94. The normalized spacial score (nSPS) is 11.2. The van der Waals surface area contributed by atoms with E-state index in [2.05, 4.69) is 35.8 Å². The predicted molar refractivity (Wildman–Crippen MR) is 111 cm³/mol. The first-order valence-electron chi connectivity index (χ1n) is 9.35. The molecule has 1 aromatic carbocycles. The van der Waals surface area contributed by atoms with Gasteiger partial charge in [-0.2, -0.15) is 9.78 Å². The van der Waals surface area contributed by atoms with Gasteiger partial charge in [-0.05, 0) is 22.4 Å². The average molecular weight is 446 g/mol. The van der Waals surface area contributed by atoms with Crippen LogP contribution in [0.25, 0.3) is 5.82 Å². The van der Waals surface area contributed by atoms with Gasteiger partial charge in [0.15, 0.2) is 17.2 Å². The molecule has 3 aromatic rings. The van der Waals surface area contributed by atoms with Crippen molar-refractivity contribution in [3.8, 4) is 23.1 Å². The van der Waals surface area contributed by atoms with Crippen molar-refractivity contribution < 1.29 is 28.5 Å². The van der Waals surface area contributed by atoms with E-state index < -0.39 is 5.91 Å². The van der Waals surface area contributed by atoms with E-state index in [1.54, 1.807) is 12.1 Å². The number of rotatable bonds is 9. The molecule has 0 fully saturated rings. The van der Waals surface area contributed by atoms with Gasteiger partial charge in [0.25, 0.3) is 5.91 Å². The number of hydrogen-bond donors (Lipinski definition) is 3. The molecule has 170 valence electrons. The Labute approximate surface area is 182 Å². The molecule has 32 heavy (non-hydrogen) atoms. The summed E-state index contributed by atoms with van der Waals surface area (Å²) in [6, 6.07) is 3.38. The van der Waals surface area contributed by atoms with Gasteiger partial charge in [0.1, 0.15) is 12.2 Å². The molecule has 0 atom stereocenters. The minimum Gasteiger partial charge on any atom is -0.493 e. The van der Waals surface area contributed by atoms with Crippen LogP contribution < -0.4 is 30.3 Å². The highest BCUT2D eigenvalue weighted by Crippen LogP contribution is 2.37. The van der Waals surface area contributed by atoms with E-state index in [1.165, 1.54) is 32.2 Å². The van der Waals surface area contributed by atoms with Crippen LogP contribution in [-0.4, -0.2) is 72.9 Å². The molecule has 0 aliphatic rings. The lowest BCUT2D eigenvalue weighted by Crippen LogP contribution is -3.04. The third-order valence-electron chi connectivity index (χ3n) is 4.26. The quantitative estimate of drug-likeness (QED) is 0.264. The molecule has 3 rings (SSSR count). The smallest absolute Gasteiger partial charge is 0.294 e. The van der Waals surface area contributed by atoms with Crippen molar-refractivity contribution in [2.24, 2.45) is 5.10 Å². The zero-order chi connectivity index (χ0) is 23.3. The summed E-state index contributed by atoms with van der Waals surface area (Å²) in [5, 5.41) is 19.2. The zero-order valence-corrected chi connectivity index (χ0v) is 18.2. The van der Waals surface area contributed by atoms with Crippen molar-refractivity contribution in [2.45, 2.75) is 6.54 Å². The summed E-state index contributed by atoms with van der Waals surface area (Å²) in [6.45, 7) is 0.401. The second-order valence-electron chi connectivity index (χ2n) is 6.81. The van der Waals surface area contributed by atoms with Crippen molar-refractivity contribution in [3.05, 3.63) is 29.1 Å². The molecule has 0 unspecified atom stereocenters. The summed E-state index contributed by atoms with van der Waals surface area (Å²) in [6.07, 6.45) is 1.43. The maximum atomic E-state index is 12.7. The van der Waals surface area contributed by atoms with Crippen molar-refractivity contribution in [2.75, 3.05) is 41.2 Å². The monoisotopic (exact) mass is 446 g/mol.